The molecule has 0 aromatic heterocycles. The van der Waals surface area contributed by atoms with Crippen LogP contribution in [0.1, 0.15) is 29.3 Å². The van der Waals surface area contributed by atoms with Crippen LogP contribution in [0.2, 0.25) is 0 Å². The first-order chi connectivity index (χ1) is 12.6. The second-order valence-electron chi connectivity index (χ2n) is 5.31. The molecule has 0 aliphatic carbocycles. The fraction of sp³-hybridized carbons (Fsp3) is 0.263. The third kappa shape index (κ3) is 4.95. The average molecular weight is 360 g/mol. The predicted molar refractivity (Wildman–Crippen MR) is 96.8 cm³/mol. The van der Waals surface area contributed by atoms with Gasteiger partial charge in [-0.3, -0.25) is 4.79 Å². The van der Waals surface area contributed by atoms with Crippen LogP contribution in [-0.2, 0) is 0 Å². The van der Waals surface area contributed by atoms with Crippen molar-refractivity contribution in [1.29, 1.82) is 0 Å². The first kappa shape index (κ1) is 19.2. The van der Waals surface area contributed by atoms with Gasteiger partial charge in [-0.15, -0.1) is 0 Å². The molecule has 0 unspecified atom stereocenters. The molecule has 0 spiro atoms. The van der Waals surface area contributed by atoms with Crippen LogP contribution in [0.5, 0.6) is 17.2 Å². The molecule has 2 aromatic rings. The molecule has 0 aliphatic rings. The zero-order valence-corrected chi connectivity index (χ0v) is 14.9. The highest BCUT2D eigenvalue weighted by molar-refractivity contribution is 5.95. The fourth-order valence-electron chi connectivity index (χ4n) is 2.13. The van der Waals surface area contributed by atoms with E-state index >= 15 is 0 Å². The van der Waals surface area contributed by atoms with E-state index in [1.165, 1.54) is 32.6 Å². The largest absolute Gasteiger partial charge is 0.494 e. The summed E-state index contributed by atoms with van der Waals surface area (Å²) >= 11 is 0. The summed E-state index contributed by atoms with van der Waals surface area (Å²) in [6.45, 7) is 2.56. The van der Waals surface area contributed by atoms with Crippen LogP contribution in [-0.4, -0.2) is 32.9 Å². The normalized spacial score (nSPS) is 10.6. The van der Waals surface area contributed by atoms with E-state index in [0.29, 0.717) is 29.2 Å². The Hall–Kier alpha value is -3.09. The topological polar surface area (TPSA) is 69.2 Å². The molecule has 7 heteroatoms. The molecule has 0 atom stereocenters. The molecular weight excluding hydrogens is 339 g/mol. The molecule has 0 heterocycles. The van der Waals surface area contributed by atoms with Crippen LogP contribution in [0, 0.1) is 5.82 Å². The molecule has 0 fully saturated rings. The van der Waals surface area contributed by atoms with E-state index in [1.807, 2.05) is 6.92 Å². The molecule has 0 radical (unpaired) electrons. The van der Waals surface area contributed by atoms with Gasteiger partial charge >= 0.3 is 0 Å². The van der Waals surface area contributed by atoms with Gasteiger partial charge < -0.3 is 14.2 Å². The zero-order valence-electron chi connectivity index (χ0n) is 14.9. The van der Waals surface area contributed by atoms with Crippen molar-refractivity contribution in [3.63, 3.8) is 0 Å². The van der Waals surface area contributed by atoms with Crippen LogP contribution in [0.4, 0.5) is 4.39 Å². The highest BCUT2D eigenvalue weighted by Gasteiger charge is 2.10. The number of hydrazone groups is 1. The molecule has 0 bridgehead atoms. The number of halogens is 1. The molecule has 1 amide bonds. The molecule has 2 aromatic carbocycles. The number of rotatable bonds is 8. The van der Waals surface area contributed by atoms with Gasteiger partial charge in [-0.2, -0.15) is 5.10 Å². The Labute approximate surface area is 151 Å². The summed E-state index contributed by atoms with van der Waals surface area (Å²) in [5.41, 5.74) is 3.24. The van der Waals surface area contributed by atoms with Crippen LogP contribution >= 0.6 is 0 Å². The van der Waals surface area contributed by atoms with Crippen LogP contribution in [0.15, 0.2) is 41.5 Å². The van der Waals surface area contributed by atoms with Crippen molar-refractivity contribution in [2.45, 2.75) is 13.3 Å². The summed E-state index contributed by atoms with van der Waals surface area (Å²) in [4.78, 5) is 12.2. The number of nitrogens with one attached hydrogen (secondary N) is 1. The number of carbonyl (C=O) groups excluding carboxylic acids is 1. The first-order valence-corrected chi connectivity index (χ1v) is 8.06. The van der Waals surface area contributed by atoms with E-state index in [4.69, 9.17) is 14.2 Å². The summed E-state index contributed by atoms with van der Waals surface area (Å²) in [5, 5.41) is 3.84. The second kappa shape index (κ2) is 9.41. The summed E-state index contributed by atoms with van der Waals surface area (Å²) in [7, 11) is 2.89. The average Bonchev–Trinajstić information content (AvgIpc) is 2.66. The number of benzene rings is 2. The third-order valence-corrected chi connectivity index (χ3v) is 3.44. The van der Waals surface area contributed by atoms with Gasteiger partial charge in [0.05, 0.1) is 27.0 Å². The Balaban J connectivity index is 2.04. The fourth-order valence-corrected chi connectivity index (χ4v) is 2.13. The molecule has 0 saturated heterocycles. The molecule has 6 nitrogen and oxygen atoms in total. The standard InChI is InChI=1S/C19H21FN2O4/c1-4-9-26-17-8-6-14(11-18(17)25-3)19(23)22-21-12-13-5-7-16(24-2)15(20)10-13/h5-8,10-12H,4,9H2,1-3H3,(H,22,23)/b21-12-. The van der Waals surface area contributed by atoms with E-state index in [2.05, 4.69) is 10.5 Å². The maximum Gasteiger partial charge on any atom is 0.271 e. The van der Waals surface area contributed by atoms with Crippen molar-refractivity contribution in [3.8, 4) is 17.2 Å². The smallest absolute Gasteiger partial charge is 0.271 e. The lowest BCUT2D eigenvalue weighted by molar-refractivity contribution is 0.0954. The number of hydrogen-bond acceptors (Lipinski definition) is 5. The SMILES string of the molecule is CCCOc1ccc(C(=O)N/N=C\c2ccc(OC)c(F)c2)cc1OC. The number of methoxy groups -OCH3 is 2. The van der Waals surface area contributed by atoms with E-state index in [9.17, 15) is 9.18 Å². The predicted octanol–water partition coefficient (Wildman–Crippen LogP) is 3.40. The number of hydrogen-bond donors (Lipinski definition) is 1. The quantitative estimate of drug-likeness (QED) is 0.579. The lowest BCUT2D eigenvalue weighted by Crippen LogP contribution is -2.17. The van der Waals surface area contributed by atoms with Gasteiger partial charge in [-0.05, 0) is 48.4 Å². The van der Waals surface area contributed by atoms with Gasteiger partial charge in [0.2, 0.25) is 0 Å². The third-order valence-electron chi connectivity index (χ3n) is 3.44. The molecule has 0 aliphatic heterocycles. The van der Waals surface area contributed by atoms with Gasteiger partial charge in [0.15, 0.2) is 23.1 Å². The molecule has 1 N–H and O–H groups in total. The maximum atomic E-state index is 13.6. The van der Waals surface area contributed by atoms with Gasteiger partial charge in [0.25, 0.3) is 5.91 Å². The monoisotopic (exact) mass is 360 g/mol. The van der Waals surface area contributed by atoms with Crippen LogP contribution in [0.3, 0.4) is 0 Å². The highest BCUT2D eigenvalue weighted by atomic mass is 19.1. The Morgan fingerprint density at radius 2 is 1.85 bits per heavy atom. The van der Waals surface area contributed by atoms with Crippen molar-refractivity contribution >= 4 is 12.1 Å². The lowest BCUT2D eigenvalue weighted by Gasteiger charge is -2.11. The molecule has 2 rings (SSSR count). The summed E-state index contributed by atoms with van der Waals surface area (Å²) < 4.78 is 29.3. The lowest BCUT2D eigenvalue weighted by atomic mass is 10.2. The minimum absolute atomic E-state index is 0.142. The van der Waals surface area contributed by atoms with E-state index in [0.717, 1.165) is 6.42 Å². The first-order valence-electron chi connectivity index (χ1n) is 8.06. The van der Waals surface area contributed by atoms with Gasteiger partial charge in [-0.1, -0.05) is 6.92 Å². The second-order valence-corrected chi connectivity index (χ2v) is 5.31. The molecule has 0 saturated carbocycles. The summed E-state index contributed by atoms with van der Waals surface area (Å²) in [6.07, 6.45) is 2.21. The van der Waals surface area contributed by atoms with Gasteiger partial charge in [0, 0.05) is 5.56 Å². The van der Waals surface area contributed by atoms with Crippen molar-refractivity contribution < 1.29 is 23.4 Å². The Bertz CT molecular complexity index is 793. The van der Waals surface area contributed by atoms with Gasteiger partial charge in [-0.25, -0.2) is 9.82 Å². The van der Waals surface area contributed by atoms with Crippen molar-refractivity contribution in [2.24, 2.45) is 5.10 Å². The van der Waals surface area contributed by atoms with Crippen molar-refractivity contribution in [3.05, 3.63) is 53.3 Å². The number of amides is 1. The molecule has 138 valence electrons. The highest BCUT2D eigenvalue weighted by Crippen LogP contribution is 2.28. The minimum atomic E-state index is -0.504. The molecule has 26 heavy (non-hydrogen) atoms. The van der Waals surface area contributed by atoms with Crippen molar-refractivity contribution in [2.75, 3.05) is 20.8 Å². The van der Waals surface area contributed by atoms with E-state index in [1.54, 1.807) is 24.3 Å². The summed E-state index contributed by atoms with van der Waals surface area (Å²) in [5.74, 6) is 0.254. The molecular formula is C19H21FN2O4. The van der Waals surface area contributed by atoms with E-state index in [-0.39, 0.29) is 5.75 Å². The number of carbonyl (C=O) groups is 1. The Morgan fingerprint density at radius 1 is 1.12 bits per heavy atom. The van der Waals surface area contributed by atoms with Crippen molar-refractivity contribution in [1.82, 2.24) is 5.43 Å². The number of nitrogens with zero attached hydrogens (tertiary/aromatic N) is 1. The maximum absolute atomic E-state index is 13.6. The summed E-state index contributed by atoms with van der Waals surface area (Å²) in [6, 6.07) is 9.23. The zero-order chi connectivity index (χ0) is 18.9. The van der Waals surface area contributed by atoms with Gasteiger partial charge in [0.1, 0.15) is 0 Å². The van der Waals surface area contributed by atoms with E-state index < -0.39 is 11.7 Å². The Kier molecular flexibility index (Phi) is 6.96. The Morgan fingerprint density at radius 3 is 2.50 bits per heavy atom. The minimum Gasteiger partial charge on any atom is -0.494 e. The number of ether oxygens (including phenoxy) is 3. The van der Waals surface area contributed by atoms with Crippen LogP contribution < -0.4 is 19.6 Å². The van der Waals surface area contributed by atoms with Crippen LogP contribution in [0.25, 0.3) is 0 Å².